The SMILES string of the molecule is CCc1cc(NN)nc(C2CN(C)CCCN2C)n1. The van der Waals surface area contributed by atoms with Gasteiger partial charge < -0.3 is 10.3 Å². The van der Waals surface area contributed by atoms with E-state index in [1.807, 2.05) is 6.07 Å². The van der Waals surface area contributed by atoms with Crippen LogP contribution < -0.4 is 11.3 Å². The molecule has 1 aromatic heterocycles. The number of hydrogen-bond donors (Lipinski definition) is 2. The monoisotopic (exact) mass is 264 g/mol. The largest absolute Gasteiger partial charge is 0.308 e. The van der Waals surface area contributed by atoms with Crippen LogP contribution in [0, 0.1) is 0 Å². The van der Waals surface area contributed by atoms with Crippen LogP contribution in [-0.4, -0.2) is 53.5 Å². The van der Waals surface area contributed by atoms with E-state index in [2.05, 4.69) is 46.2 Å². The van der Waals surface area contributed by atoms with Gasteiger partial charge in [-0.3, -0.25) is 4.90 Å². The number of nitrogens with one attached hydrogen (secondary N) is 1. The summed E-state index contributed by atoms with van der Waals surface area (Å²) in [6, 6.07) is 2.13. The van der Waals surface area contributed by atoms with Gasteiger partial charge in [0.1, 0.15) is 11.6 Å². The fourth-order valence-corrected chi connectivity index (χ4v) is 2.47. The van der Waals surface area contributed by atoms with Gasteiger partial charge in [-0.15, -0.1) is 0 Å². The molecule has 0 saturated carbocycles. The number of likely N-dealkylation sites (N-methyl/N-ethyl adjacent to an activating group) is 2. The highest BCUT2D eigenvalue weighted by molar-refractivity contribution is 5.35. The van der Waals surface area contributed by atoms with Gasteiger partial charge in [-0.1, -0.05) is 6.92 Å². The number of rotatable bonds is 3. The van der Waals surface area contributed by atoms with Crippen molar-refractivity contribution < 1.29 is 0 Å². The molecule has 0 bridgehead atoms. The number of aromatic nitrogens is 2. The Labute approximate surface area is 115 Å². The van der Waals surface area contributed by atoms with Crippen LogP contribution in [0.4, 0.5) is 5.82 Å². The van der Waals surface area contributed by atoms with E-state index in [0.29, 0.717) is 5.82 Å². The number of nitrogen functional groups attached to an aromatic ring is 1. The smallest absolute Gasteiger partial charge is 0.149 e. The Bertz CT molecular complexity index is 399. The second kappa shape index (κ2) is 6.27. The number of nitrogens with two attached hydrogens (primary N) is 1. The molecule has 3 N–H and O–H groups in total. The molecule has 1 unspecified atom stereocenters. The normalized spacial score (nSPS) is 22.2. The topological polar surface area (TPSA) is 70.3 Å². The van der Waals surface area contributed by atoms with Crippen molar-refractivity contribution in [3.05, 3.63) is 17.6 Å². The van der Waals surface area contributed by atoms with E-state index in [1.54, 1.807) is 0 Å². The third-order valence-corrected chi connectivity index (χ3v) is 3.67. The van der Waals surface area contributed by atoms with Crippen LogP contribution in [0.1, 0.15) is 30.9 Å². The molecule has 1 fully saturated rings. The first-order valence-electron chi connectivity index (χ1n) is 6.87. The predicted molar refractivity (Wildman–Crippen MR) is 76.7 cm³/mol. The quantitative estimate of drug-likeness (QED) is 0.616. The van der Waals surface area contributed by atoms with Crippen molar-refractivity contribution in [1.82, 2.24) is 19.8 Å². The lowest BCUT2D eigenvalue weighted by atomic mass is 10.2. The molecule has 1 aliphatic rings. The minimum absolute atomic E-state index is 0.228. The van der Waals surface area contributed by atoms with E-state index < -0.39 is 0 Å². The molecule has 6 heteroatoms. The Hall–Kier alpha value is -1.24. The molecule has 0 amide bonds. The average Bonchev–Trinajstić information content (AvgIpc) is 2.59. The third kappa shape index (κ3) is 3.40. The maximum Gasteiger partial charge on any atom is 0.149 e. The fraction of sp³-hybridized carbons (Fsp3) is 0.692. The number of hydrazine groups is 1. The van der Waals surface area contributed by atoms with Crippen LogP contribution in [0.5, 0.6) is 0 Å². The second-order valence-electron chi connectivity index (χ2n) is 5.21. The molecule has 0 aromatic carbocycles. The number of anilines is 1. The molecule has 1 aromatic rings. The zero-order valence-electron chi connectivity index (χ0n) is 12.1. The molecule has 2 heterocycles. The molecule has 1 aliphatic heterocycles. The van der Waals surface area contributed by atoms with Crippen LogP contribution in [0.15, 0.2) is 6.07 Å². The number of hydrogen-bond acceptors (Lipinski definition) is 6. The lowest BCUT2D eigenvalue weighted by Gasteiger charge is -2.26. The van der Waals surface area contributed by atoms with Crippen LogP contribution in [0.25, 0.3) is 0 Å². The Balaban J connectivity index is 2.32. The van der Waals surface area contributed by atoms with Crippen molar-refractivity contribution in [3.63, 3.8) is 0 Å². The summed E-state index contributed by atoms with van der Waals surface area (Å²) in [4.78, 5) is 13.9. The Morgan fingerprint density at radius 2 is 2.16 bits per heavy atom. The first-order valence-corrected chi connectivity index (χ1v) is 6.87. The summed E-state index contributed by atoms with van der Waals surface area (Å²) in [7, 11) is 4.29. The molecule has 106 valence electrons. The van der Waals surface area contributed by atoms with Crippen molar-refractivity contribution in [2.75, 3.05) is 39.2 Å². The summed E-state index contributed by atoms with van der Waals surface area (Å²) in [6.45, 7) is 5.24. The third-order valence-electron chi connectivity index (χ3n) is 3.67. The lowest BCUT2D eigenvalue weighted by molar-refractivity contribution is 0.219. The van der Waals surface area contributed by atoms with E-state index >= 15 is 0 Å². The highest BCUT2D eigenvalue weighted by Crippen LogP contribution is 2.21. The molecule has 0 spiro atoms. The summed E-state index contributed by atoms with van der Waals surface area (Å²) in [5.41, 5.74) is 3.67. The molecule has 0 radical (unpaired) electrons. The fourth-order valence-electron chi connectivity index (χ4n) is 2.47. The van der Waals surface area contributed by atoms with E-state index in [9.17, 15) is 0 Å². The minimum Gasteiger partial charge on any atom is -0.308 e. The van der Waals surface area contributed by atoms with Gasteiger partial charge in [-0.2, -0.15) is 0 Å². The van der Waals surface area contributed by atoms with Crippen LogP contribution in [-0.2, 0) is 6.42 Å². The van der Waals surface area contributed by atoms with Gasteiger partial charge in [0.15, 0.2) is 0 Å². The molecule has 2 rings (SSSR count). The van der Waals surface area contributed by atoms with Gasteiger partial charge in [0.25, 0.3) is 0 Å². The standard InChI is InChI=1S/C13H24N6/c1-4-10-8-12(17-14)16-13(15-10)11-9-18(2)6-5-7-19(11)3/h8,11H,4-7,9,14H2,1-3H3,(H,15,16,17). The Morgan fingerprint density at radius 3 is 2.84 bits per heavy atom. The van der Waals surface area contributed by atoms with E-state index in [-0.39, 0.29) is 6.04 Å². The van der Waals surface area contributed by atoms with E-state index in [1.165, 1.54) is 6.42 Å². The summed E-state index contributed by atoms with van der Waals surface area (Å²) < 4.78 is 0. The molecule has 0 aliphatic carbocycles. The van der Waals surface area contributed by atoms with Crippen molar-refractivity contribution >= 4 is 5.82 Å². The minimum atomic E-state index is 0.228. The molecular weight excluding hydrogens is 240 g/mol. The summed E-state index contributed by atoms with van der Waals surface area (Å²) in [6.07, 6.45) is 2.06. The summed E-state index contributed by atoms with van der Waals surface area (Å²) in [5.74, 6) is 7.06. The van der Waals surface area contributed by atoms with Gasteiger partial charge in [-0.25, -0.2) is 15.8 Å². The van der Waals surface area contributed by atoms with Crippen molar-refractivity contribution in [1.29, 1.82) is 0 Å². The average molecular weight is 264 g/mol. The summed E-state index contributed by atoms with van der Waals surface area (Å²) in [5, 5.41) is 0. The lowest BCUT2D eigenvalue weighted by Crippen LogP contribution is -2.32. The summed E-state index contributed by atoms with van der Waals surface area (Å²) >= 11 is 0. The maximum atomic E-state index is 5.50. The predicted octanol–water partition coefficient (Wildman–Crippen LogP) is 0.633. The molecule has 1 saturated heterocycles. The van der Waals surface area contributed by atoms with Crippen molar-refractivity contribution in [2.24, 2.45) is 5.84 Å². The van der Waals surface area contributed by atoms with Crippen molar-refractivity contribution in [2.45, 2.75) is 25.8 Å². The van der Waals surface area contributed by atoms with E-state index in [4.69, 9.17) is 5.84 Å². The van der Waals surface area contributed by atoms with Crippen molar-refractivity contribution in [3.8, 4) is 0 Å². The zero-order valence-corrected chi connectivity index (χ0v) is 12.1. The number of nitrogens with zero attached hydrogens (tertiary/aromatic N) is 4. The number of aryl methyl sites for hydroxylation is 1. The van der Waals surface area contributed by atoms with Crippen LogP contribution >= 0.6 is 0 Å². The Kier molecular flexibility index (Phi) is 4.68. The highest BCUT2D eigenvalue weighted by Gasteiger charge is 2.25. The first-order chi connectivity index (χ1) is 9.13. The maximum absolute atomic E-state index is 5.50. The van der Waals surface area contributed by atoms with Gasteiger partial charge >= 0.3 is 0 Å². The van der Waals surface area contributed by atoms with E-state index in [0.717, 1.165) is 37.6 Å². The van der Waals surface area contributed by atoms with Gasteiger partial charge in [0.2, 0.25) is 0 Å². The zero-order chi connectivity index (χ0) is 13.8. The molecule has 19 heavy (non-hydrogen) atoms. The Morgan fingerprint density at radius 1 is 1.37 bits per heavy atom. The highest BCUT2D eigenvalue weighted by atomic mass is 15.3. The van der Waals surface area contributed by atoms with Crippen LogP contribution in [0.2, 0.25) is 0 Å². The molecule has 6 nitrogen and oxygen atoms in total. The molecular formula is C13H24N6. The second-order valence-corrected chi connectivity index (χ2v) is 5.21. The molecule has 1 atom stereocenters. The van der Waals surface area contributed by atoms with Crippen LogP contribution in [0.3, 0.4) is 0 Å². The van der Waals surface area contributed by atoms with Gasteiger partial charge in [0, 0.05) is 18.3 Å². The first kappa shape index (κ1) is 14.2. The van der Waals surface area contributed by atoms with Gasteiger partial charge in [0.05, 0.1) is 6.04 Å². The van der Waals surface area contributed by atoms with Gasteiger partial charge in [-0.05, 0) is 40.0 Å².